The third-order valence-corrected chi connectivity index (χ3v) is 5.26. The zero-order chi connectivity index (χ0) is 19.0. The molecule has 1 saturated heterocycles. The molecule has 4 rings (SSSR count). The second-order valence-corrected chi connectivity index (χ2v) is 7.09. The number of imide groups is 1. The first-order chi connectivity index (χ1) is 13.0. The van der Waals surface area contributed by atoms with E-state index in [4.69, 9.17) is 0 Å². The molecule has 2 aliphatic rings. The quantitative estimate of drug-likeness (QED) is 0.774. The summed E-state index contributed by atoms with van der Waals surface area (Å²) in [5.41, 5.74) is 1.62. The van der Waals surface area contributed by atoms with Crippen molar-refractivity contribution in [1.29, 1.82) is 0 Å². The molecule has 0 spiro atoms. The summed E-state index contributed by atoms with van der Waals surface area (Å²) in [6.07, 6.45) is 0.504. The predicted molar refractivity (Wildman–Crippen MR) is 101 cm³/mol. The SMILES string of the molecule is CN(c1ccc2c(n1)C(=O)NC2=O)[C@H](CN1CC[C@H](O)C1)c1ccccc1. The monoisotopic (exact) mass is 366 g/mol. The van der Waals surface area contributed by atoms with E-state index in [0.717, 1.165) is 25.1 Å². The van der Waals surface area contributed by atoms with Crippen LogP contribution in [-0.4, -0.2) is 59.6 Å². The highest BCUT2D eigenvalue weighted by Crippen LogP contribution is 2.28. The minimum atomic E-state index is -0.454. The molecule has 1 fully saturated rings. The number of hydrogen-bond donors (Lipinski definition) is 2. The first kappa shape index (κ1) is 17.6. The molecule has 140 valence electrons. The molecule has 0 radical (unpaired) electrons. The van der Waals surface area contributed by atoms with Gasteiger partial charge in [-0.1, -0.05) is 30.3 Å². The Morgan fingerprint density at radius 2 is 2.00 bits per heavy atom. The zero-order valence-electron chi connectivity index (χ0n) is 15.1. The van der Waals surface area contributed by atoms with Gasteiger partial charge in [0.05, 0.1) is 17.7 Å². The number of benzene rings is 1. The maximum atomic E-state index is 12.0. The largest absolute Gasteiger partial charge is 0.392 e. The van der Waals surface area contributed by atoms with Gasteiger partial charge >= 0.3 is 0 Å². The fourth-order valence-electron chi connectivity index (χ4n) is 3.74. The van der Waals surface area contributed by atoms with Crippen LogP contribution in [0.3, 0.4) is 0 Å². The van der Waals surface area contributed by atoms with E-state index in [2.05, 4.69) is 27.3 Å². The van der Waals surface area contributed by atoms with Crippen LogP contribution in [0.1, 0.15) is 38.9 Å². The van der Waals surface area contributed by atoms with Crippen LogP contribution in [0.2, 0.25) is 0 Å². The number of hydrogen-bond acceptors (Lipinski definition) is 6. The summed E-state index contributed by atoms with van der Waals surface area (Å²) in [5.74, 6) is -0.223. The van der Waals surface area contributed by atoms with Crippen LogP contribution in [0.5, 0.6) is 0 Å². The molecule has 0 saturated carbocycles. The normalized spacial score (nSPS) is 20.4. The molecule has 0 bridgehead atoms. The van der Waals surface area contributed by atoms with Crippen molar-refractivity contribution in [3.63, 3.8) is 0 Å². The van der Waals surface area contributed by atoms with Gasteiger partial charge in [-0.3, -0.25) is 19.8 Å². The number of aliphatic hydroxyl groups excluding tert-OH is 1. The number of carbonyl (C=O) groups is 2. The highest BCUT2D eigenvalue weighted by molar-refractivity contribution is 6.20. The van der Waals surface area contributed by atoms with Gasteiger partial charge in [-0.25, -0.2) is 4.98 Å². The van der Waals surface area contributed by atoms with E-state index in [0.29, 0.717) is 17.9 Å². The van der Waals surface area contributed by atoms with Gasteiger partial charge in [-0.15, -0.1) is 0 Å². The summed E-state index contributed by atoms with van der Waals surface area (Å²) in [5, 5.41) is 12.1. The number of likely N-dealkylation sites (N-methyl/N-ethyl adjacent to an activating group) is 1. The van der Waals surface area contributed by atoms with Gasteiger partial charge in [-0.05, 0) is 24.1 Å². The summed E-state index contributed by atoms with van der Waals surface area (Å²) in [6, 6.07) is 13.5. The van der Waals surface area contributed by atoms with Crippen LogP contribution in [-0.2, 0) is 0 Å². The third-order valence-electron chi connectivity index (χ3n) is 5.26. The Balaban J connectivity index is 1.64. The number of nitrogens with one attached hydrogen (secondary N) is 1. The lowest BCUT2D eigenvalue weighted by Crippen LogP contribution is -2.36. The Morgan fingerprint density at radius 1 is 1.22 bits per heavy atom. The number of nitrogens with zero attached hydrogens (tertiary/aromatic N) is 3. The molecular weight excluding hydrogens is 344 g/mol. The minimum Gasteiger partial charge on any atom is -0.392 e. The Morgan fingerprint density at radius 3 is 2.70 bits per heavy atom. The lowest BCUT2D eigenvalue weighted by Gasteiger charge is -2.33. The van der Waals surface area contributed by atoms with E-state index in [1.807, 2.05) is 30.1 Å². The van der Waals surface area contributed by atoms with Crippen molar-refractivity contribution in [3.8, 4) is 0 Å². The molecule has 27 heavy (non-hydrogen) atoms. The number of β-amino-alcohol motifs (C(OH)–C–C–N with tert-alkyl or cyclic N) is 1. The number of carbonyl (C=O) groups excluding carboxylic acids is 2. The van der Waals surface area contributed by atoms with E-state index in [1.54, 1.807) is 12.1 Å². The minimum absolute atomic E-state index is 0.00205. The Hall–Kier alpha value is -2.77. The van der Waals surface area contributed by atoms with Gasteiger partial charge in [-0.2, -0.15) is 0 Å². The smallest absolute Gasteiger partial charge is 0.277 e. The molecule has 1 aromatic carbocycles. The summed E-state index contributed by atoms with van der Waals surface area (Å²) in [4.78, 5) is 32.4. The predicted octanol–water partition coefficient (Wildman–Crippen LogP) is 1.21. The average Bonchev–Trinajstić information content (AvgIpc) is 3.22. The lowest BCUT2D eigenvalue weighted by atomic mass is 10.0. The summed E-state index contributed by atoms with van der Waals surface area (Å²) < 4.78 is 0. The molecule has 2 atom stereocenters. The second kappa shape index (κ2) is 7.09. The van der Waals surface area contributed by atoms with E-state index >= 15 is 0 Å². The maximum absolute atomic E-state index is 12.0. The van der Waals surface area contributed by atoms with Gasteiger partial charge in [0.2, 0.25) is 0 Å². The van der Waals surface area contributed by atoms with Crippen LogP contribution in [0.25, 0.3) is 0 Å². The fraction of sp³-hybridized carbons (Fsp3) is 0.350. The number of rotatable bonds is 5. The molecule has 7 nitrogen and oxygen atoms in total. The summed E-state index contributed by atoms with van der Waals surface area (Å²) >= 11 is 0. The number of fused-ring (bicyclic) bond motifs is 1. The second-order valence-electron chi connectivity index (χ2n) is 7.09. The summed E-state index contributed by atoms with van der Waals surface area (Å²) in [6.45, 7) is 2.25. The number of amides is 2. The molecule has 2 aliphatic heterocycles. The first-order valence-corrected chi connectivity index (χ1v) is 9.08. The van der Waals surface area contributed by atoms with Crippen LogP contribution in [0.15, 0.2) is 42.5 Å². The van der Waals surface area contributed by atoms with Gasteiger partial charge in [0.1, 0.15) is 11.5 Å². The first-order valence-electron chi connectivity index (χ1n) is 9.08. The highest BCUT2D eigenvalue weighted by Gasteiger charge is 2.31. The molecule has 1 aromatic heterocycles. The molecule has 7 heteroatoms. The van der Waals surface area contributed by atoms with Crippen molar-refractivity contribution in [3.05, 3.63) is 59.3 Å². The van der Waals surface area contributed by atoms with Crippen molar-refractivity contribution in [2.75, 3.05) is 31.6 Å². The van der Waals surface area contributed by atoms with Crippen LogP contribution < -0.4 is 10.2 Å². The third kappa shape index (κ3) is 3.43. The number of aromatic nitrogens is 1. The number of aliphatic hydroxyl groups is 1. The van der Waals surface area contributed by atoms with Crippen molar-refractivity contribution in [1.82, 2.24) is 15.2 Å². The highest BCUT2D eigenvalue weighted by atomic mass is 16.3. The fourth-order valence-corrected chi connectivity index (χ4v) is 3.74. The molecule has 0 aliphatic carbocycles. The van der Waals surface area contributed by atoms with Crippen molar-refractivity contribution in [2.24, 2.45) is 0 Å². The Labute approximate surface area is 157 Å². The molecule has 0 unspecified atom stereocenters. The molecule has 2 amide bonds. The number of anilines is 1. The number of pyridine rings is 1. The van der Waals surface area contributed by atoms with Crippen molar-refractivity contribution >= 4 is 17.6 Å². The van der Waals surface area contributed by atoms with Crippen LogP contribution >= 0.6 is 0 Å². The maximum Gasteiger partial charge on any atom is 0.277 e. The Kier molecular flexibility index (Phi) is 4.63. The average molecular weight is 366 g/mol. The van der Waals surface area contributed by atoms with Gasteiger partial charge in [0.25, 0.3) is 11.8 Å². The topological polar surface area (TPSA) is 85.8 Å². The standard InChI is InChI=1S/C20H22N4O3/c1-23(17-8-7-15-18(21-17)20(27)22-19(15)26)16(13-5-3-2-4-6-13)12-24-10-9-14(25)11-24/h2-8,14,16,25H,9-12H2,1H3,(H,22,26,27)/t14-,16+/m0/s1. The van der Waals surface area contributed by atoms with Crippen LogP contribution in [0.4, 0.5) is 5.82 Å². The molecule has 2 N–H and O–H groups in total. The van der Waals surface area contributed by atoms with Crippen molar-refractivity contribution < 1.29 is 14.7 Å². The van der Waals surface area contributed by atoms with Gasteiger partial charge in [0.15, 0.2) is 0 Å². The van der Waals surface area contributed by atoms with Gasteiger partial charge < -0.3 is 10.0 Å². The van der Waals surface area contributed by atoms with Crippen LogP contribution in [0, 0.1) is 0 Å². The molecule has 3 heterocycles. The summed E-state index contributed by atoms with van der Waals surface area (Å²) in [7, 11) is 1.94. The van der Waals surface area contributed by atoms with E-state index in [1.165, 1.54) is 0 Å². The van der Waals surface area contributed by atoms with E-state index in [-0.39, 0.29) is 17.8 Å². The Bertz CT molecular complexity index is 871. The van der Waals surface area contributed by atoms with Gasteiger partial charge in [0, 0.05) is 26.7 Å². The zero-order valence-corrected chi connectivity index (χ0v) is 15.1. The molecule has 2 aromatic rings. The van der Waals surface area contributed by atoms with E-state index < -0.39 is 11.8 Å². The molecular formula is C20H22N4O3. The van der Waals surface area contributed by atoms with Crippen molar-refractivity contribution in [2.45, 2.75) is 18.6 Å². The number of likely N-dealkylation sites (tertiary alicyclic amines) is 1. The lowest BCUT2D eigenvalue weighted by molar-refractivity contribution is 0.0878. The van der Waals surface area contributed by atoms with E-state index in [9.17, 15) is 14.7 Å².